The molecule has 4 aromatic heterocycles. The van der Waals surface area contributed by atoms with E-state index in [9.17, 15) is 17.1 Å². The van der Waals surface area contributed by atoms with Crippen molar-refractivity contribution >= 4 is 34.9 Å². The highest BCUT2D eigenvalue weighted by Gasteiger charge is 2.23. The Hall–Kier alpha value is -3.29. The lowest BCUT2D eigenvalue weighted by molar-refractivity contribution is 0.146. The second-order valence-electron chi connectivity index (χ2n) is 8.45. The highest BCUT2D eigenvalue weighted by Crippen LogP contribution is 2.34. The summed E-state index contributed by atoms with van der Waals surface area (Å²) in [5.41, 5.74) is 0.730. The third kappa shape index (κ3) is 4.99. The highest BCUT2D eigenvalue weighted by molar-refractivity contribution is 7.92. The summed E-state index contributed by atoms with van der Waals surface area (Å²) in [5.74, 6) is -0.397. The van der Waals surface area contributed by atoms with Crippen LogP contribution < -0.4 is 5.32 Å². The van der Waals surface area contributed by atoms with Crippen molar-refractivity contribution in [2.45, 2.75) is 13.0 Å². The zero-order valence-electron chi connectivity index (χ0n) is 19.2. The number of aromatic nitrogens is 5. The minimum absolute atomic E-state index is 0.00140. The van der Waals surface area contributed by atoms with E-state index < -0.39 is 17.9 Å². The van der Waals surface area contributed by atoms with Gasteiger partial charge < -0.3 is 10.2 Å². The first-order valence-corrected chi connectivity index (χ1v) is 11.8. The van der Waals surface area contributed by atoms with Gasteiger partial charge in [0.15, 0.2) is 29.6 Å². The van der Waals surface area contributed by atoms with Gasteiger partial charge in [-0.15, -0.1) is 3.89 Å². The molecule has 0 aromatic carbocycles. The molecule has 1 aliphatic heterocycles. The van der Waals surface area contributed by atoms with Crippen LogP contribution in [-0.4, -0.2) is 66.9 Å². The Morgan fingerprint density at radius 2 is 1.89 bits per heavy atom. The first kappa shape index (κ1) is 24.4. The van der Waals surface area contributed by atoms with Gasteiger partial charge in [0.05, 0.1) is 17.3 Å². The number of fused-ring (bicyclic) bond motifs is 1. The number of rotatable bonds is 7. The predicted molar refractivity (Wildman–Crippen MR) is 130 cm³/mol. The van der Waals surface area contributed by atoms with Crippen LogP contribution in [0, 0.1) is 5.82 Å². The van der Waals surface area contributed by atoms with Gasteiger partial charge >= 0.3 is 0 Å². The summed E-state index contributed by atoms with van der Waals surface area (Å²) in [4.78, 5) is 21.2. The quantitative estimate of drug-likeness (QED) is 0.349. The summed E-state index contributed by atoms with van der Waals surface area (Å²) < 4.78 is 56.3. The Labute approximate surface area is 208 Å². The average molecular weight is 519 g/mol. The SMILES string of the molecule is CN1CCN(Cc2cn(SF)c3nc(-c4cccc(C(F)F)n4)nc(Nc4ccncc4F)c23)CC1. The van der Waals surface area contributed by atoms with Gasteiger partial charge in [-0.25, -0.2) is 32.1 Å². The maximum Gasteiger partial charge on any atom is 0.280 e. The van der Waals surface area contributed by atoms with E-state index in [2.05, 4.69) is 42.1 Å². The van der Waals surface area contributed by atoms with Crippen LogP contribution in [0.4, 0.5) is 28.6 Å². The second kappa shape index (κ2) is 10.4. The smallest absolute Gasteiger partial charge is 0.280 e. The van der Waals surface area contributed by atoms with Gasteiger partial charge in [-0.05, 0) is 30.8 Å². The fraction of sp³-hybridized carbons (Fsp3) is 0.304. The molecule has 1 fully saturated rings. The predicted octanol–water partition coefficient (Wildman–Crippen LogP) is 4.84. The molecule has 188 valence electrons. The molecule has 36 heavy (non-hydrogen) atoms. The standard InChI is InChI=1S/C23H22F4N8S/c1-33-7-9-34(10-8-33)12-14-13-35(36-27)23-19(14)22(30-16-5-6-28-11-15(16)24)31-21(32-23)18-4-2-3-17(29-18)20(25)26/h2-6,11,13,20H,7-10,12H2,1H3,(H,28,30,31,32). The fourth-order valence-electron chi connectivity index (χ4n) is 4.10. The number of hydrogen-bond acceptors (Lipinski definition) is 8. The van der Waals surface area contributed by atoms with Gasteiger partial charge in [-0.3, -0.25) is 9.88 Å². The van der Waals surface area contributed by atoms with E-state index >= 15 is 0 Å². The summed E-state index contributed by atoms with van der Waals surface area (Å²) in [6.07, 6.45) is 1.33. The Morgan fingerprint density at radius 3 is 2.61 bits per heavy atom. The zero-order valence-corrected chi connectivity index (χ0v) is 20.0. The van der Waals surface area contributed by atoms with Gasteiger partial charge in [0.1, 0.15) is 17.2 Å². The summed E-state index contributed by atoms with van der Waals surface area (Å²) >= 11 is -0.0410. The van der Waals surface area contributed by atoms with Crippen molar-refractivity contribution < 1.29 is 17.1 Å². The number of nitrogens with one attached hydrogen (secondary N) is 1. The fourth-order valence-corrected chi connectivity index (χ4v) is 4.46. The zero-order chi connectivity index (χ0) is 25.2. The molecule has 1 N–H and O–H groups in total. The van der Waals surface area contributed by atoms with Crippen molar-refractivity contribution in [3.8, 4) is 11.5 Å². The van der Waals surface area contributed by atoms with Crippen LogP contribution in [0.15, 0.2) is 42.9 Å². The van der Waals surface area contributed by atoms with E-state index in [-0.39, 0.29) is 41.0 Å². The second-order valence-corrected chi connectivity index (χ2v) is 8.98. The maximum absolute atomic E-state index is 14.5. The molecule has 4 aromatic rings. The maximum atomic E-state index is 14.5. The molecule has 0 aliphatic carbocycles. The molecular weight excluding hydrogens is 496 g/mol. The van der Waals surface area contributed by atoms with Gasteiger partial charge in [-0.2, -0.15) is 0 Å². The molecule has 1 aliphatic rings. The van der Waals surface area contributed by atoms with Crippen LogP contribution in [-0.2, 0) is 6.54 Å². The molecule has 0 bridgehead atoms. The van der Waals surface area contributed by atoms with Gasteiger partial charge in [-0.1, -0.05) is 6.07 Å². The topological polar surface area (TPSA) is 75.0 Å². The van der Waals surface area contributed by atoms with Crippen LogP contribution in [0.25, 0.3) is 22.6 Å². The first-order valence-electron chi connectivity index (χ1n) is 11.2. The molecule has 0 spiro atoms. The highest BCUT2D eigenvalue weighted by atomic mass is 32.2. The largest absolute Gasteiger partial charge is 0.337 e. The molecule has 1 saturated heterocycles. The summed E-state index contributed by atoms with van der Waals surface area (Å²) in [6, 6.07) is 5.56. The number of likely N-dealkylation sites (N-methyl/N-ethyl adjacent to an activating group) is 1. The van der Waals surface area contributed by atoms with Crippen molar-refractivity contribution in [2.75, 3.05) is 38.5 Å². The summed E-state index contributed by atoms with van der Waals surface area (Å²) in [7, 11) is 2.06. The first-order chi connectivity index (χ1) is 17.4. The van der Waals surface area contributed by atoms with Crippen molar-refractivity contribution in [2.24, 2.45) is 0 Å². The third-order valence-corrected chi connectivity index (χ3v) is 6.43. The number of hydrogen-bond donors (Lipinski definition) is 1. The van der Waals surface area contributed by atoms with Crippen LogP contribution in [0.5, 0.6) is 0 Å². The number of halogens is 4. The summed E-state index contributed by atoms with van der Waals surface area (Å²) in [6.45, 7) is 3.97. The molecule has 5 heterocycles. The van der Waals surface area contributed by atoms with E-state index in [1.54, 1.807) is 6.20 Å². The number of pyridine rings is 2. The monoisotopic (exact) mass is 518 g/mol. The van der Waals surface area contributed by atoms with Crippen LogP contribution in [0.1, 0.15) is 17.7 Å². The van der Waals surface area contributed by atoms with Gasteiger partial charge in [0, 0.05) is 45.1 Å². The number of alkyl halides is 2. The van der Waals surface area contributed by atoms with E-state index in [0.717, 1.165) is 37.9 Å². The van der Waals surface area contributed by atoms with E-state index in [1.165, 1.54) is 34.4 Å². The van der Waals surface area contributed by atoms with Crippen LogP contribution >= 0.6 is 12.3 Å². The molecule has 0 saturated carbocycles. The Kier molecular flexibility index (Phi) is 7.03. The molecule has 8 nitrogen and oxygen atoms in total. The van der Waals surface area contributed by atoms with Gasteiger partial charge in [0.25, 0.3) is 6.43 Å². The Balaban J connectivity index is 1.65. The molecule has 13 heteroatoms. The average Bonchev–Trinajstić information content (AvgIpc) is 3.24. The lowest BCUT2D eigenvalue weighted by Gasteiger charge is -2.32. The van der Waals surface area contributed by atoms with Crippen molar-refractivity contribution in [3.63, 3.8) is 0 Å². The van der Waals surface area contributed by atoms with Crippen LogP contribution in [0.2, 0.25) is 0 Å². The van der Waals surface area contributed by atoms with E-state index in [4.69, 9.17) is 0 Å². The number of anilines is 2. The van der Waals surface area contributed by atoms with Crippen molar-refractivity contribution in [1.82, 2.24) is 33.7 Å². The van der Waals surface area contributed by atoms with E-state index in [1.807, 2.05) is 0 Å². The lowest BCUT2D eigenvalue weighted by Crippen LogP contribution is -2.43. The molecule has 5 rings (SSSR count). The Bertz CT molecular complexity index is 1370. The van der Waals surface area contributed by atoms with E-state index in [0.29, 0.717) is 11.9 Å². The molecule has 0 atom stereocenters. The molecule has 0 unspecified atom stereocenters. The van der Waals surface area contributed by atoms with Gasteiger partial charge in [0.2, 0.25) is 0 Å². The Morgan fingerprint density at radius 1 is 1.08 bits per heavy atom. The van der Waals surface area contributed by atoms with Crippen LogP contribution in [0.3, 0.4) is 0 Å². The normalized spacial score (nSPS) is 15.2. The minimum Gasteiger partial charge on any atom is -0.337 e. The molecular formula is C23H22F4N8S. The number of nitrogens with zero attached hydrogens (tertiary/aromatic N) is 7. The minimum atomic E-state index is -2.78. The summed E-state index contributed by atoms with van der Waals surface area (Å²) in [5, 5.41) is 3.47. The third-order valence-electron chi connectivity index (χ3n) is 6.01. The lowest BCUT2D eigenvalue weighted by atomic mass is 10.2. The van der Waals surface area contributed by atoms with Crippen molar-refractivity contribution in [3.05, 3.63) is 59.9 Å². The number of piperazine rings is 1. The van der Waals surface area contributed by atoms with Crippen molar-refractivity contribution in [1.29, 1.82) is 0 Å². The molecule has 0 amide bonds. The molecule has 0 radical (unpaired) electrons.